The van der Waals surface area contributed by atoms with Gasteiger partial charge in [0.2, 0.25) is 10.0 Å². The standard InChI is InChI=1S/C19H20F3N3O3S/c20-14-1-3-15(4-2-14)24-19(26)25-9-7-13(8-10-25)12-23-29(27,28)16-5-6-17(21)18(22)11-16/h1-6,11,13,23H,7-10,12H2,(H,24,26). The molecule has 0 radical (unpaired) electrons. The van der Waals surface area contributed by atoms with Crippen LogP contribution in [-0.2, 0) is 10.0 Å². The predicted octanol–water partition coefficient (Wildman–Crippen LogP) is 3.33. The monoisotopic (exact) mass is 427 g/mol. The molecule has 6 nitrogen and oxygen atoms in total. The Morgan fingerprint density at radius 3 is 2.28 bits per heavy atom. The highest BCUT2D eigenvalue weighted by molar-refractivity contribution is 7.89. The van der Waals surface area contributed by atoms with Crippen molar-refractivity contribution in [1.82, 2.24) is 9.62 Å². The summed E-state index contributed by atoms with van der Waals surface area (Å²) in [6.07, 6.45) is 1.16. The number of benzene rings is 2. The molecule has 0 unspecified atom stereocenters. The Bertz CT molecular complexity index is 976. The van der Waals surface area contributed by atoms with Gasteiger partial charge in [-0.2, -0.15) is 0 Å². The lowest BCUT2D eigenvalue weighted by Gasteiger charge is -2.32. The van der Waals surface area contributed by atoms with Gasteiger partial charge in [0.25, 0.3) is 0 Å². The van der Waals surface area contributed by atoms with Crippen LogP contribution in [-0.4, -0.2) is 39.0 Å². The minimum absolute atomic E-state index is 0.00458. The van der Waals surface area contributed by atoms with Gasteiger partial charge >= 0.3 is 6.03 Å². The summed E-state index contributed by atoms with van der Waals surface area (Å²) >= 11 is 0. The number of nitrogens with zero attached hydrogens (tertiary/aromatic N) is 1. The van der Waals surface area contributed by atoms with E-state index in [0.29, 0.717) is 37.7 Å². The number of rotatable bonds is 5. The van der Waals surface area contributed by atoms with Crippen molar-refractivity contribution >= 4 is 21.7 Å². The van der Waals surface area contributed by atoms with Crippen molar-refractivity contribution in [3.63, 3.8) is 0 Å². The quantitative estimate of drug-likeness (QED) is 0.769. The van der Waals surface area contributed by atoms with Gasteiger partial charge in [0.05, 0.1) is 4.90 Å². The minimum atomic E-state index is -3.95. The molecule has 2 aromatic carbocycles. The summed E-state index contributed by atoms with van der Waals surface area (Å²) in [6.45, 7) is 1.00. The molecule has 1 fully saturated rings. The zero-order chi connectivity index (χ0) is 21.0. The number of nitrogens with one attached hydrogen (secondary N) is 2. The number of likely N-dealkylation sites (tertiary alicyclic amines) is 1. The van der Waals surface area contributed by atoms with E-state index in [1.165, 1.54) is 24.3 Å². The number of hydrogen-bond donors (Lipinski definition) is 2. The van der Waals surface area contributed by atoms with Crippen LogP contribution in [0.4, 0.5) is 23.7 Å². The van der Waals surface area contributed by atoms with E-state index >= 15 is 0 Å². The molecule has 0 spiro atoms. The molecular formula is C19H20F3N3O3S. The van der Waals surface area contributed by atoms with Crippen molar-refractivity contribution in [2.45, 2.75) is 17.7 Å². The van der Waals surface area contributed by atoms with Crippen molar-refractivity contribution in [2.24, 2.45) is 5.92 Å². The van der Waals surface area contributed by atoms with Crippen LogP contribution >= 0.6 is 0 Å². The molecule has 1 aliphatic rings. The Labute approximate surface area is 166 Å². The molecule has 0 atom stereocenters. The Morgan fingerprint density at radius 1 is 1.00 bits per heavy atom. The average Bonchev–Trinajstić information content (AvgIpc) is 2.70. The van der Waals surface area contributed by atoms with Crippen LogP contribution in [0.25, 0.3) is 0 Å². The zero-order valence-corrected chi connectivity index (χ0v) is 16.2. The van der Waals surface area contributed by atoms with Gasteiger partial charge in [0.15, 0.2) is 11.6 Å². The van der Waals surface area contributed by atoms with E-state index in [2.05, 4.69) is 10.0 Å². The minimum Gasteiger partial charge on any atom is -0.325 e. The van der Waals surface area contributed by atoms with Gasteiger partial charge in [-0.1, -0.05) is 0 Å². The van der Waals surface area contributed by atoms with Gasteiger partial charge in [0, 0.05) is 25.3 Å². The number of halogens is 3. The molecule has 0 aliphatic carbocycles. The maximum Gasteiger partial charge on any atom is 0.321 e. The number of carbonyl (C=O) groups is 1. The second-order valence-electron chi connectivity index (χ2n) is 6.80. The number of piperidine rings is 1. The highest BCUT2D eigenvalue weighted by atomic mass is 32.2. The number of anilines is 1. The van der Waals surface area contributed by atoms with Crippen LogP contribution in [0.15, 0.2) is 47.4 Å². The van der Waals surface area contributed by atoms with Gasteiger partial charge in [-0.3, -0.25) is 0 Å². The van der Waals surface area contributed by atoms with E-state index in [1.54, 1.807) is 4.90 Å². The second kappa shape index (κ2) is 8.83. The van der Waals surface area contributed by atoms with Crippen LogP contribution in [0.1, 0.15) is 12.8 Å². The molecule has 1 aliphatic heterocycles. The van der Waals surface area contributed by atoms with Gasteiger partial charge in [-0.25, -0.2) is 31.1 Å². The first-order valence-corrected chi connectivity index (χ1v) is 10.5. The maximum absolute atomic E-state index is 13.3. The zero-order valence-electron chi connectivity index (χ0n) is 15.4. The van der Waals surface area contributed by atoms with Crippen LogP contribution in [0.3, 0.4) is 0 Å². The van der Waals surface area contributed by atoms with Gasteiger partial charge < -0.3 is 10.2 Å². The summed E-state index contributed by atoms with van der Waals surface area (Å²) < 4.78 is 66.0. The maximum atomic E-state index is 13.3. The first-order chi connectivity index (χ1) is 13.7. The molecule has 2 aromatic rings. The molecule has 2 N–H and O–H groups in total. The predicted molar refractivity (Wildman–Crippen MR) is 101 cm³/mol. The summed E-state index contributed by atoms with van der Waals surface area (Å²) in [4.78, 5) is 13.5. The molecule has 3 rings (SSSR count). The molecule has 1 heterocycles. The Hall–Kier alpha value is -2.59. The van der Waals surface area contributed by atoms with Crippen molar-refractivity contribution in [3.8, 4) is 0 Å². The van der Waals surface area contributed by atoms with Gasteiger partial charge in [-0.15, -0.1) is 0 Å². The Morgan fingerprint density at radius 2 is 1.66 bits per heavy atom. The largest absolute Gasteiger partial charge is 0.325 e. The molecule has 2 amide bonds. The SMILES string of the molecule is O=C(Nc1ccc(F)cc1)N1CCC(CNS(=O)(=O)c2ccc(F)c(F)c2)CC1. The molecule has 156 valence electrons. The lowest BCUT2D eigenvalue weighted by Crippen LogP contribution is -2.43. The van der Waals surface area contributed by atoms with Crippen LogP contribution in [0.5, 0.6) is 0 Å². The lowest BCUT2D eigenvalue weighted by molar-refractivity contribution is 0.183. The fourth-order valence-corrected chi connectivity index (χ4v) is 4.16. The summed E-state index contributed by atoms with van der Waals surface area (Å²) in [5.41, 5.74) is 0.484. The van der Waals surface area contributed by atoms with Gasteiger partial charge in [-0.05, 0) is 61.2 Å². The summed E-state index contributed by atoms with van der Waals surface area (Å²) in [5, 5.41) is 2.68. The highest BCUT2D eigenvalue weighted by Gasteiger charge is 2.25. The van der Waals surface area contributed by atoms with E-state index in [-0.39, 0.29) is 23.4 Å². The van der Waals surface area contributed by atoms with Crippen molar-refractivity contribution in [2.75, 3.05) is 25.0 Å². The number of carbonyl (C=O) groups excluding carboxylic acids is 1. The van der Waals surface area contributed by atoms with E-state index in [4.69, 9.17) is 0 Å². The molecule has 0 saturated carbocycles. The number of amides is 2. The average molecular weight is 427 g/mol. The van der Waals surface area contributed by atoms with E-state index in [0.717, 1.165) is 12.1 Å². The molecule has 10 heteroatoms. The Kier molecular flexibility index (Phi) is 6.43. The molecular weight excluding hydrogens is 407 g/mol. The molecule has 0 aromatic heterocycles. The van der Waals surface area contributed by atoms with E-state index in [9.17, 15) is 26.4 Å². The summed E-state index contributed by atoms with van der Waals surface area (Å²) in [7, 11) is -3.95. The fraction of sp³-hybridized carbons (Fsp3) is 0.316. The number of hydrogen-bond acceptors (Lipinski definition) is 3. The number of urea groups is 1. The topological polar surface area (TPSA) is 78.5 Å². The third-order valence-corrected chi connectivity index (χ3v) is 6.18. The Balaban J connectivity index is 1.48. The van der Waals surface area contributed by atoms with E-state index < -0.39 is 27.5 Å². The van der Waals surface area contributed by atoms with Crippen molar-refractivity contribution in [3.05, 3.63) is 59.9 Å². The molecule has 29 heavy (non-hydrogen) atoms. The normalized spacial score (nSPS) is 15.3. The lowest BCUT2D eigenvalue weighted by atomic mass is 9.97. The first-order valence-electron chi connectivity index (χ1n) is 9.01. The fourth-order valence-electron chi connectivity index (χ4n) is 3.03. The van der Waals surface area contributed by atoms with Gasteiger partial charge in [0.1, 0.15) is 5.82 Å². The van der Waals surface area contributed by atoms with Crippen LogP contribution in [0, 0.1) is 23.4 Å². The molecule has 0 bridgehead atoms. The van der Waals surface area contributed by atoms with Crippen LogP contribution in [0.2, 0.25) is 0 Å². The third-order valence-electron chi connectivity index (χ3n) is 4.76. The highest BCUT2D eigenvalue weighted by Crippen LogP contribution is 2.19. The number of sulfonamides is 1. The molecule has 1 saturated heterocycles. The smallest absolute Gasteiger partial charge is 0.321 e. The first kappa shape index (κ1) is 21.1. The van der Waals surface area contributed by atoms with Crippen molar-refractivity contribution in [1.29, 1.82) is 0 Å². The summed E-state index contributed by atoms with van der Waals surface area (Å²) in [6, 6.07) is 7.53. The second-order valence-corrected chi connectivity index (χ2v) is 8.56. The third kappa shape index (κ3) is 5.48. The summed E-state index contributed by atoms with van der Waals surface area (Å²) in [5.74, 6) is -2.73. The van der Waals surface area contributed by atoms with E-state index in [1.807, 2.05) is 0 Å². The van der Waals surface area contributed by atoms with Crippen molar-refractivity contribution < 1.29 is 26.4 Å². The van der Waals surface area contributed by atoms with Crippen LogP contribution < -0.4 is 10.0 Å².